The van der Waals surface area contributed by atoms with Gasteiger partial charge in [0.15, 0.2) is 6.29 Å². The van der Waals surface area contributed by atoms with E-state index in [4.69, 9.17) is 0 Å². The van der Waals surface area contributed by atoms with Crippen LogP contribution in [-0.2, 0) is 4.79 Å². The van der Waals surface area contributed by atoms with Gasteiger partial charge in [-0.25, -0.2) is 0 Å². The van der Waals surface area contributed by atoms with Crippen LogP contribution < -0.4 is 0 Å². The summed E-state index contributed by atoms with van der Waals surface area (Å²) in [6.45, 7) is 1.61. The molecule has 0 spiro atoms. The average molecular weight is 232 g/mol. The van der Waals surface area contributed by atoms with E-state index in [1.54, 1.807) is 13.0 Å². The molecule has 0 aliphatic rings. The van der Waals surface area contributed by atoms with Crippen LogP contribution in [-0.4, -0.2) is 22.0 Å². The standard InChI is InChI=1S/C11H8N2O4/c1-6-2-9-7(3-10(6)13(16)17)8(4-12-9)11(15)5-14/h2-5,12H,1H3. The van der Waals surface area contributed by atoms with Crippen LogP contribution in [0.1, 0.15) is 15.9 Å². The Morgan fingerprint density at radius 2 is 2.18 bits per heavy atom. The highest BCUT2D eigenvalue weighted by Gasteiger charge is 2.17. The molecule has 0 saturated heterocycles. The van der Waals surface area contributed by atoms with Crippen molar-refractivity contribution in [3.63, 3.8) is 0 Å². The molecule has 0 atom stereocenters. The van der Waals surface area contributed by atoms with Gasteiger partial charge >= 0.3 is 0 Å². The number of aryl methyl sites for hydroxylation is 1. The van der Waals surface area contributed by atoms with Crippen molar-refractivity contribution in [2.24, 2.45) is 0 Å². The van der Waals surface area contributed by atoms with Gasteiger partial charge in [0.05, 0.1) is 10.5 Å². The molecule has 6 heteroatoms. The van der Waals surface area contributed by atoms with E-state index in [2.05, 4.69) is 4.98 Å². The van der Waals surface area contributed by atoms with Crippen LogP contribution in [0.2, 0.25) is 0 Å². The molecule has 2 aromatic rings. The first kappa shape index (κ1) is 11.0. The summed E-state index contributed by atoms with van der Waals surface area (Å²) >= 11 is 0. The number of hydrogen-bond acceptors (Lipinski definition) is 4. The van der Waals surface area contributed by atoms with Crippen LogP contribution in [0, 0.1) is 17.0 Å². The van der Waals surface area contributed by atoms with Crippen LogP contribution >= 0.6 is 0 Å². The van der Waals surface area contributed by atoms with Gasteiger partial charge in [0.2, 0.25) is 5.78 Å². The number of carbonyl (C=O) groups is 2. The molecular weight excluding hydrogens is 224 g/mol. The van der Waals surface area contributed by atoms with Crippen LogP contribution in [0.15, 0.2) is 18.3 Å². The van der Waals surface area contributed by atoms with Crippen molar-refractivity contribution in [1.82, 2.24) is 4.98 Å². The number of nitro benzene ring substituents is 1. The molecule has 0 unspecified atom stereocenters. The van der Waals surface area contributed by atoms with Gasteiger partial charge in [-0.05, 0) is 13.0 Å². The van der Waals surface area contributed by atoms with Crippen LogP contribution in [0.4, 0.5) is 5.69 Å². The van der Waals surface area contributed by atoms with Crippen molar-refractivity contribution >= 4 is 28.7 Å². The Hall–Kier alpha value is -2.50. The number of Topliss-reactive ketones (excluding diaryl/α,β-unsaturated/α-hetero) is 1. The fraction of sp³-hybridized carbons (Fsp3) is 0.0909. The number of aromatic nitrogens is 1. The van der Waals surface area contributed by atoms with E-state index in [9.17, 15) is 19.7 Å². The van der Waals surface area contributed by atoms with E-state index < -0.39 is 10.7 Å². The summed E-state index contributed by atoms with van der Waals surface area (Å²) in [5.41, 5.74) is 1.17. The number of nitrogens with zero attached hydrogens (tertiary/aromatic N) is 1. The zero-order chi connectivity index (χ0) is 12.6. The lowest BCUT2D eigenvalue weighted by atomic mass is 10.1. The lowest BCUT2D eigenvalue weighted by molar-refractivity contribution is -0.385. The van der Waals surface area contributed by atoms with Crippen molar-refractivity contribution in [2.45, 2.75) is 6.92 Å². The zero-order valence-electron chi connectivity index (χ0n) is 8.89. The number of nitro groups is 1. The van der Waals surface area contributed by atoms with Gasteiger partial charge < -0.3 is 4.98 Å². The minimum absolute atomic E-state index is 0.0722. The number of rotatable bonds is 3. The minimum Gasteiger partial charge on any atom is -0.360 e. The summed E-state index contributed by atoms with van der Waals surface area (Å²) in [6.07, 6.45) is 1.57. The number of H-pyrrole nitrogens is 1. The lowest BCUT2D eigenvalue weighted by Crippen LogP contribution is -1.98. The molecule has 0 saturated carbocycles. The highest BCUT2D eigenvalue weighted by atomic mass is 16.6. The molecular formula is C11H8N2O4. The Labute approximate surface area is 95.4 Å². The maximum atomic E-state index is 11.3. The SMILES string of the molecule is Cc1cc2[nH]cc(C(=O)C=O)c2cc1[N+](=O)[O-]. The second-order valence-electron chi connectivity index (χ2n) is 3.63. The first-order chi connectivity index (χ1) is 8.04. The zero-order valence-corrected chi connectivity index (χ0v) is 8.89. The summed E-state index contributed by atoms with van der Waals surface area (Å²) in [5, 5.41) is 11.2. The Bertz CT molecular complexity index is 642. The van der Waals surface area contributed by atoms with Gasteiger partial charge in [0.1, 0.15) is 0 Å². The highest BCUT2D eigenvalue weighted by molar-refractivity contribution is 6.36. The van der Waals surface area contributed by atoms with Gasteiger partial charge in [-0.1, -0.05) is 0 Å². The number of carbonyl (C=O) groups excluding carboxylic acids is 2. The summed E-state index contributed by atoms with van der Waals surface area (Å²) < 4.78 is 0. The quantitative estimate of drug-likeness (QED) is 0.287. The molecule has 0 fully saturated rings. The Kier molecular flexibility index (Phi) is 2.47. The third-order valence-electron chi connectivity index (χ3n) is 2.57. The summed E-state index contributed by atoms with van der Waals surface area (Å²) in [5.74, 6) is -0.700. The molecule has 86 valence electrons. The molecule has 0 aliphatic heterocycles. The Balaban J connectivity index is 2.76. The van der Waals surface area contributed by atoms with Crippen molar-refractivity contribution in [3.8, 4) is 0 Å². The van der Waals surface area contributed by atoms with E-state index in [0.29, 0.717) is 16.5 Å². The second kappa shape index (κ2) is 3.82. The summed E-state index contributed by atoms with van der Waals surface area (Å²) in [6, 6.07) is 2.88. The van der Waals surface area contributed by atoms with E-state index >= 15 is 0 Å². The number of ketones is 1. The molecule has 0 amide bonds. The Morgan fingerprint density at radius 1 is 1.47 bits per heavy atom. The van der Waals surface area contributed by atoms with E-state index in [1.165, 1.54) is 12.3 Å². The van der Waals surface area contributed by atoms with Crippen LogP contribution in [0.3, 0.4) is 0 Å². The van der Waals surface area contributed by atoms with Crippen molar-refractivity contribution in [1.29, 1.82) is 0 Å². The molecule has 0 radical (unpaired) electrons. The third-order valence-corrected chi connectivity index (χ3v) is 2.57. The first-order valence-corrected chi connectivity index (χ1v) is 4.80. The van der Waals surface area contributed by atoms with E-state index in [-0.39, 0.29) is 17.5 Å². The van der Waals surface area contributed by atoms with Gasteiger partial charge in [-0.3, -0.25) is 19.7 Å². The fourth-order valence-corrected chi connectivity index (χ4v) is 1.73. The second-order valence-corrected chi connectivity index (χ2v) is 3.63. The normalized spacial score (nSPS) is 10.4. The first-order valence-electron chi connectivity index (χ1n) is 4.80. The van der Waals surface area contributed by atoms with Gasteiger partial charge in [0, 0.05) is 28.7 Å². The predicted octanol–water partition coefficient (Wildman–Crippen LogP) is 1.77. The van der Waals surface area contributed by atoms with Crippen molar-refractivity contribution < 1.29 is 14.5 Å². The number of aldehydes is 1. The number of hydrogen-bond donors (Lipinski definition) is 1. The number of nitrogens with one attached hydrogen (secondary N) is 1. The molecule has 2 rings (SSSR count). The predicted molar refractivity (Wildman–Crippen MR) is 60.1 cm³/mol. The molecule has 1 aromatic carbocycles. The summed E-state index contributed by atoms with van der Waals surface area (Å²) in [4.78, 5) is 34.8. The highest BCUT2D eigenvalue weighted by Crippen LogP contribution is 2.27. The number of aromatic amines is 1. The van der Waals surface area contributed by atoms with E-state index in [0.717, 1.165) is 0 Å². The summed E-state index contributed by atoms with van der Waals surface area (Å²) in [7, 11) is 0. The Morgan fingerprint density at radius 3 is 2.76 bits per heavy atom. The van der Waals surface area contributed by atoms with E-state index in [1.807, 2.05) is 0 Å². The molecule has 1 N–H and O–H groups in total. The lowest BCUT2D eigenvalue weighted by Gasteiger charge is -1.98. The smallest absolute Gasteiger partial charge is 0.273 e. The molecule has 17 heavy (non-hydrogen) atoms. The fourth-order valence-electron chi connectivity index (χ4n) is 1.73. The van der Waals surface area contributed by atoms with Gasteiger partial charge in [0.25, 0.3) is 5.69 Å². The topological polar surface area (TPSA) is 93.1 Å². The van der Waals surface area contributed by atoms with Gasteiger partial charge in [-0.15, -0.1) is 0 Å². The number of fused-ring (bicyclic) bond motifs is 1. The van der Waals surface area contributed by atoms with Crippen molar-refractivity contribution in [2.75, 3.05) is 0 Å². The maximum absolute atomic E-state index is 11.3. The van der Waals surface area contributed by atoms with Crippen LogP contribution in [0.5, 0.6) is 0 Å². The largest absolute Gasteiger partial charge is 0.360 e. The average Bonchev–Trinajstić information content (AvgIpc) is 2.69. The molecule has 1 aromatic heterocycles. The molecule has 1 heterocycles. The van der Waals surface area contributed by atoms with Crippen LogP contribution in [0.25, 0.3) is 10.9 Å². The monoisotopic (exact) mass is 232 g/mol. The maximum Gasteiger partial charge on any atom is 0.273 e. The van der Waals surface area contributed by atoms with Gasteiger partial charge in [-0.2, -0.15) is 0 Å². The molecule has 6 nitrogen and oxygen atoms in total. The minimum atomic E-state index is -0.700. The molecule has 0 aliphatic carbocycles. The number of benzene rings is 1. The van der Waals surface area contributed by atoms with Crippen molar-refractivity contribution in [3.05, 3.63) is 39.6 Å². The molecule has 0 bridgehead atoms. The third kappa shape index (κ3) is 1.69.